The number of benzene rings is 1. The highest BCUT2D eigenvalue weighted by molar-refractivity contribution is 5.74. The summed E-state index contributed by atoms with van der Waals surface area (Å²) in [4.78, 5) is 22.5. The van der Waals surface area contributed by atoms with Gasteiger partial charge in [-0.15, -0.1) is 0 Å². The summed E-state index contributed by atoms with van der Waals surface area (Å²) < 4.78 is 0. The molecule has 0 aliphatic heterocycles. The van der Waals surface area contributed by atoms with E-state index in [1.54, 1.807) is 12.1 Å². The first kappa shape index (κ1) is 18.2. The normalized spacial score (nSPS) is 17.8. The van der Waals surface area contributed by atoms with Crippen LogP contribution in [0, 0.1) is 10.1 Å². The topological polar surface area (TPSA) is 104 Å². The van der Waals surface area contributed by atoms with E-state index < -0.39 is 10.5 Å². The number of nitrogens with zero attached hydrogens (tertiary/aromatic N) is 1. The van der Waals surface area contributed by atoms with E-state index >= 15 is 0 Å². The highest BCUT2D eigenvalue weighted by Gasteiger charge is 2.29. The third-order valence-corrected chi connectivity index (χ3v) is 4.56. The number of nitro groups is 1. The van der Waals surface area contributed by atoms with Crippen LogP contribution in [0.1, 0.15) is 57.1 Å². The first-order valence-corrected chi connectivity index (χ1v) is 8.44. The quantitative estimate of drug-likeness (QED) is 0.549. The van der Waals surface area contributed by atoms with Crippen molar-refractivity contribution in [3.8, 4) is 0 Å². The van der Waals surface area contributed by atoms with Crippen molar-refractivity contribution in [2.75, 3.05) is 6.54 Å². The molecule has 24 heavy (non-hydrogen) atoms. The van der Waals surface area contributed by atoms with Gasteiger partial charge in [-0.25, -0.2) is 4.79 Å². The molecule has 1 aromatic rings. The van der Waals surface area contributed by atoms with E-state index in [-0.39, 0.29) is 24.3 Å². The molecule has 1 saturated carbocycles. The van der Waals surface area contributed by atoms with Crippen molar-refractivity contribution in [3.63, 3.8) is 0 Å². The van der Waals surface area contributed by atoms with Gasteiger partial charge in [0.15, 0.2) is 0 Å². The second-order valence-corrected chi connectivity index (χ2v) is 6.42. The molecule has 1 unspecified atom stereocenters. The Balaban J connectivity index is 1.93. The molecule has 0 spiro atoms. The maximum absolute atomic E-state index is 12.1. The van der Waals surface area contributed by atoms with Crippen LogP contribution in [0.3, 0.4) is 0 Å². The van der Waals surface area contributed by atoms with Crippen LogP contribution in [0.15, 0.2) is 24.3 Å². The average molecular weight is 335 g/mol. The van der Waals surface area contributed by atoms with E-state index in [0.717, 1.165) is 19.3 Å². The molecular weight excluding hydrogens is 310 g/mol. The minimum Gasteiger partial charge on any atom is -0.388 e. The Morgan fingerprint density at radius 3 is 2.71 bits per heavy atom. The van der Waals surface area contributed by atoms with Gasteiger partial charge < -0.3 is 15.7 Å². The number of rotatable bonds is 6. The van der Waals surface area contributed by atoms with Crippen molar-refractivity contribution in [1.29, 1.82) is 0 Å². The minimum atomic E-state index is -0.817. The second-order valence-electron chi connectivity index (χ2n) is 6.42. The number of aliphatic hydroxyl groups is 1. The lowest BCUT2D eigenvalue weighted by molar-refractivity contribution is -0.384. The highest BCUT2D eigenvalue weighted by atomic mass is 16.6. The Morgan fingerprint density at radius 1 is 1.38 bits per heavy atom. The van der Waals surface area contributed by atoms with Gasteiger partial charge in [0.2, 0.25) is 0 Å². The molecule has 2 rings (SSSR count). The van der Waals surface area contributed by atoms with Crippen molar-refractivity contribution < 1.29 is 14.8 Å². The van der Waals surface area contributed by atoms with Crippen molar-refractivity contribution in [1.82, 2.24) is 10.6 Å². The van der Waals surface area contributed by atoms with Crippen LogP contribution in [0.5, 0.6) is 0 Å². The zero-order chi connectivity index (χ0) is 17.6. The van der Waals surface area contributed by atoms with Crippen LogP contribution in [0.4, 0.5) is 10.5 Å². The summed E-state index contributed by atoms with van der Waals surface area (Å²) in [5.41, 5.74) is -0.119. The van der Waals surface area contributed by atoms with E-state index in [4.69, 9.17) is 0 Å². The first-order valence-electron chi connectivity index (χ1n) is 8.44. The van der Waals surface area contributed by atoms with Crippen LogP contribution in [0.2, 0.25) is 0 Å². The van der Waals surface area contributed by atoms with Crippen molar-refractivity contribution in [2.45, 2.75) is 57.1 Å². The third-order valence-electron chi connectivity index (χ3n) is 4.56. The monoisotopic (exact) mass is 335 g/mol. The van der Waals surface area contributed by atoms with Gasteiger partial charge in [0.25, 0.3) is 5.69 Å². The molecule has 0 bridgehead atoms. The van der Waals surface area contributed by atoms with Crippen molar-refractivity contribution >= 4 is 11.7 Å². The Bertz CT molecular complexity index is 585. The molecule has 1 aliphatic rings. The number of nitrogens with one attached hydrogen (secondary N) is 2. The van der Waals surface area contributed by atoms with Gasteiger partial charge in [0.1, 0.15) is 0 Å². The number of amides is 2. The molecule has 7 heteroatoms. The Morgan fingerprint density at radius 2 is 2.08 bits per heavy atom. The molecule has 1 atom stereocenters. The number of urea groups is 1. The molecule has 0 heterocycles. The van der Waals surface area contributed by atoms with Gasteiger partial charge in [-0.05, 0) is 24.8 Å². The van der Waals surface area contributed by atoms with Gasteiger partial charge in [-0.2, -0.15) is 0 Å². The van der Waals surface area contributed by atoms with Gasteiger partial charge in [0.05, 0.1) is 16.6 Å². The Kier molecular flexibility index (Phi) is 6.14. The van der Waals surface area contributed by atoms with E-state index in [1.807, 2.05) is 6.92 Å². The summed E-state index contributed by atoms with van der Waals surface area (Å²) in [7, 11) is 0. The summed E-state index contributed by atoms with van der Waals surface area (Å²) in [6.07, 6.45) is 5.10. The first-order chi connectivity index (χ1) is 11.4. The second kappa shape index (κ2) is 8.10. The molecule has 0 aromatic heterocycles. The number of nitro benzene ring substituents is 1. The van der Waals surface area contributed by atoms with Crippen LogP contribution in [-0.4, -0.2) is 28.2 Å². The summed E-state index contributed by atoms with van der Waals surface area (Å²) in [6.45, 7) is 2.13. The number of hydrogen-bond acceptors (Lipinski definition) is 4. The van der Waals surface area contributed by atoms with Gasteiger partial charge >= 0.3 is 6.03 Å². The fourth-order valence-corrected chi connectivity index (χ4v) is 3.12. The lowest BCUT2D eigenvalue weighted by Gasteiger charge is -2.32. The predicted molar refractivity (Wildman–Crippen MR) is 90.7 cm³/mol. The van der Waals surface area contributed by atoms with E-state index in [2.05, 4.69) is 10.6 Å². The maximum atomic E-state index is 12.1. The van der Waals surface area contributed by atoms with Crippen LogP contribution in [0.25, 0.3) is 0 Å². The summed E-state index contributed by atoms with van der Waals surface area (Å²) in [5, 5.41) is 26.8. The van der Waals surface area contributed by atoms with Crippen molar-refractivity contribution in [3.05, 3.63) is 39.9 Å². The molecule has 1 aliphatic carbocycles. The fourth-order valence-electron chi connectivity index (χ4n) is 3.12. The molecular formula is C17H25N3O4. The largest absolute Gasteiger partial charge is 0.388 e. The smallest absolute Gasteiger partial charge is 0.315 e. The Hall–Kier alpha value is -2.15. The minimum absolute atomic E-state index is 0.00433. The van der Waals surface area contributed by atoms with Crippen molar-refractivity contribution in [2.24, 2.45) is 0 Å². The fraction of sp³-hybridized carbons (Fsp3) is 0.588. The third kappa shape index (κ3) is 4.92. The molecule has 0 saturated heterocycles. The predicted octanol–water partition coefficient (Wildman–Crippen LogP) is 3.04. The van der Waals surface area contributed by atoms with Crippen LogP contribution in [-0.2, 0) is 0 Å². The lowest BCUT2D eigenvalue weighted by atomic mass is 9.85. The molecule has 1 aromatic carbocycles. The number of carbonyl (C=O) groups is 1. The van der Waals surface area contributed by atoms with Crippen LogP contribution < -0.4 is 10.6 Å². The average Bonchev–Trinajstić information content (AvgIpc) is 2.58. The molecule has 0 radical (unpaired) electrons. The molecule has 1 fully saturated rings. The molecule has 7 nitrogen and oxygen atoms in total. The SMILES string of the molecule is CCC(NC(=O)NCC1(O)CCCCC1)c1cccc([N+](=O)[O-])c1. The zero-order valence-corrected chi connectivity index (χ0v) is 14.0. The van der Waals surface area contributed by atoms with E-state index in [0.29, 0.717) is 24.8 Å². The van der Waals surface area contributed by atoms with E-state index in [9.17, 15) is 20.0 Å². The number of hydrogen-bond donors (Lipinski definition) is 3. The summed E-state index contributed by atoms with van der Waals surface area (Å²) in [5.74, 6) is 0. The highest BCUT2D eigenvalue weighted by Crippen LogP contribution is 2.27. The van der Waals surface area contributed by atoms with Gasteiger partial charge in [0, 0.05) is 18.7 Å². The number of non-ortho nitro benzene ring substituents is 1. The molecule has 2 amide bonds. The van der Waals surface area contributed by atoms with E-state index in [1.165, 1.54) is 12.1 Å². The van der Waals surface area contributed by atoms with Crippen LogP contribution >= 0.6 is 0 Å². The summed E-state index contributed by atoms with van der Waals surface area (Å²) in [6, 6.07) is 5.59. The zero-order valence-electron chi connectivity index (χ0n) is 14.0. The molecule has 3 N–H and O–H groups in total. The summed E-state index contributed by atoms with van der Waals surface area (Å²) >= 11 is 0. The number of carbonyl (C=O) groups excluding carboxylic acids is 1. The van der Waals surface area contributed by atoms with Gasteiger partial charge in [-0.3, -0.25) is 10.1 Å². The van der Waals surface area contributed by atoms with Gasteiger partial charge in [-0.1, -0.05) is 38.3 Å². The maximum Gasteiger partial charge on any atom is 0.315 e. The molecule has 132 valence electrons. The Labute approximate surface area is 141 Å². The lowest BCUT2D eigenvalue weighted by Crippen LogP contribution is -2.47. The standard InChI is InChI=1S/C17H25N3O4/c1-2-15(13-7-6-8-14(11-13)20(23)24)19-16(21)18-12-17(22)9-4-3-5-10-17/h6-8,11,15,22H,2-5,9-10,12H2,1H3,(H2,18,19,21).